The molecule has 2 rings (SSSR count). The summed E-state index contributed by atoms with van der Waals surface area (Å²) in [6.07, 6.45) is 0.950. The Morgan fingerprint density at radius 3 is 2.54 bits per heavy atom. The van der Waals surface area contributed by atoms with E-state index in [0.29, 0.717) is 17.3 Å². The fraction of sp³-hybridized carbons (Fsp3) is 0.381. The maximum Gasteiger partial charge on any atom is 0.258 e. The molecule has 0 unspecified atom stereocenters. The monoisotopic (exact) mass is 374 g/mol. The number of hydrogen-bond donors (Lipinski definition) is 2. The summed E-state index contributed by atoms with van der Waals surface area (Å²) in [5.74, 6) is 0.529. The highest BCUT2D eigenvalue weighted by Crippen LogP contribution is 2.23. The van der Waals surface area contributed by atoms with Crippen LogP contribution in [0.2, 0.25) is 5.02 Å². The number of benzene rings is 2. The molecule has 0 radical (unpaired) electrons. The first-order chi connectivity index (χ1) is 12.3. The number of carbonyl (C=O) groups excluding carboxylic acids is 1. The van der Waals surface area contributed by atoms with Crippen LogP contribution in [0.5, 0.6) is 5.75 Å². The highest BCUT2D eigenvalue weighted by Gasteiger charge is 2.14. The Balaban J connectivity index is 1.87. The fourth-order valence-corrected chi connectivity index (χ4v) is 2.72. The average Bonchev–Trinajstić information content (AvgIpc) is 2.57. The Bertz CT molecular complexity index is 712. The summed E-state index contributed by atoms with van der Waals surface area (Å²) >= 11 is 6.11. The fourth-order valence-electron chi connectivity index (χ4n) is 2.53. The van der Waals surface area contributed by atoms with Crippen LogP contribution in [0.4, 0.5) is 0 Å². The molecular formula is C21H27ClN2O2. The van der Waals surface area contributed by atoms with Gasteiger partial charge in [-0.2, -0.15) is 0 Å². The lowest BCUT2D eigenvalue weighted by Crippen LogP contribution is -2.43. The molecule has 1 amide bonds. The van der Waals surface area contributed by atoms with E-state index in [2.05, 4.69) is 22.8 Å². The molecule has 0 spiro atoms. The van der Waals surface area contributed by atoms with Gasteiger partial charge >= 0.3 is 0 Å². The van der Waals surface area contributed by atoms with E-state index in [0.717, 1.165) is 18.5 Å². The molecule has 2 N–H and O–H groups in total. The lowest BCUT2D eigenvalue weighted by Gasteiger charge is -2.21. The summed E-state index contributed by atoms with van der Waals surface area (Å²) in [7, 11) is 0. The minimum absolute atomic E-state index is 0.0179. The Labute approximate surface area is 160 Å². The second-order valence-corrected chi connectivity index (χ2v) is 7.69. The maximum atomic E-state index is 11.9. The molecular weight excluding hydrogens is 348 g/mol. The number of ether oxygens (including phenoxy) is 1. The van der Waals surface area contributed by atoms with Crippen molar-refractivity contribution in [2.24, 2.45) is 0 Å². The number of amides is 1. The summed E-state index contributed by atoms with van der Waals surface area (Å²) in [6.45, 7) is 7.28. The number of carbonyl (C=O) groups is 1. The van der Waals surface area contributed by atoms with Gasteiger partial charge in [-0.3, -0.25) is 4.79 Å². The number of nitrogens with one attached hydrogen (secondary N) is 2. The van der Waals surface area contributed by atoms with E-state index in [1.165, 1.54) is 5.56 Å². The SMILES string of the molecule is CC(C)(C)NC(=O)COc1ccc(Cl)cc1CNCCc1ccccc1. The third kappa shape index (κ3) is 7.46. The van der Waals surface area contributed by atoms with Crippen molar-refractivity contribution >= 4 is 17.5 Å². The predicted molar refractivity (Wildman–Crippen MR) is 107 cm³/mol. The summed E-state index contributed by atoms with van der Waals surface area (Å²) in [5.41, 5.74) is 1.96. The van der Waals surface area contributed by atoms with Gasteiger partial charge in [0.05, 0.1) is 0 Å². The molecule has 4 nitrogen and oxygen atoms in total. The van der Waals surface area contributed by atoms with E-state index in [9.17, 15) is 4.79 Å². The molecule has 0 aromatic heterocycles. The van der Waals surface area contributed by atoms with Gasteiger partial charge in [0.2, 0.25) is 0 Å². The van der Waals surface area contributed by atoms with Crippen LogP contribution in [0.1, 0.15) is 31.9 Å². The molecule has 0 fully saturated rings. The van der Waals surface area contributed by atoms with Crippen molar-refractivity contribution in [1.29, 1.82) is 0 Å². The van der Waals surface area contributed by atoms with Gasteiger partial charge in [0.25, 0.3) is 5.91 Å². The average molecular weight is 375 g/mol. The summed E-state index contributed by atoms with van der Waals surface area (Å²) in [6, 6.07) is 15.8. The van der Waals surface area contributed by atoms with Crippen LogP contribution in [0, 0.1) is 0 Å². The summed E-state index contributed by atoms with van der Waals surface area (Å²) in [4.78, 5) is 11.9. The van der Waals surface area contributed by atoms with E-state index in [1.54, 1.807) is 12.1 Å². The largest absolute Gasteiger partial charge is 0.483 e. The standard InChI is InChI=1S/C21H27ClN2O2/c1-21(2,3)24-20(25)15-26-19-10-9-18(22)13-17(19)14-23-12-11-16-7-5-4-6-8-16/h4-10,13,23H,11-12,14-15H2,1-3H3,(H,24,25). The lowest BCUT2D eigenvalue weighted by atomic mass is 10.1. The second-order valence-electron chi connectivity index (χ2n) is 7.25. The van der Waals surface area contributed by atoms with Crippen molar-refractivity contribution in [3.8, 4) is 5.75 Å². The molecule has 5 heteroatoms. The maximum absolute atomic E-state index is 11.9. The highest BCUT2D eigenvalue weighted by atomic mass is 35.5. The molecule has 0 saturated carbocycles. The normalized spacial score (nSPS) is 11.2. The van der Waals surface area contributed by atoms with Gasteiger partial charge in [0, 0.05) is 22.7 Å². The topological polar surface area (TPSA) is 50.4 Å². The van der Waals surface area contributed by atoms with Crippen LogP contribution >= 0.6 is 11.6 Å². The van der Waals surface area contributed by atoms with Crippen LogP contribution < -0.4 is 15.4 Å². The van der Waals surface area contributed by atoms with E-state index >= 15 is 0 Å². The Morgan fingerprint density at radius 1 is 1.12 bits per heavy atom. The first-order valence-corrected chi connectivity index (χ1v) is 9.18. The smallest absolute Gasteiger partial charge is 0.258 e. The lowest BCUT2D eigenvalue weighted by molar-refractivity contribution is -0.124. The van der Waals surface area contributed by atoms with Crippen molar-refractivity contribution in [2.45, 2.75) is 39.3 Å². The van der Waals surface area contributed by atoms with Gasteiger partial charge in [0.15, 0.2) is 6.61 Å². The van der Waals surface area contributed by atoms with Crippen molar-refractivity contribution in [2.75, 3.05) is 13.2 Å². The van der Waals surface area contributed by atoms with Crippen molar-refractivity contribution in [3.05, 3.63) is 64.7 Å². The van der Waals surface area contributed by atoms with Crippen LogP contribution in [-0.4, -0.2) is 24.6 Å². The molecule has 26 heavy (non-hydrogen) atoms. The molecule has 140 valence electrons. The Kier molecular flexibility index (Phi) is 7.49. The van der Waals surface area contributed by atoms with Gasteiger partial charge in [-0.15, -0.1) is 0 Å². The summed E-state index contributed by atoms with van der Waals surface area (Å²) in [5, 5.41) is 6.94. The molecule has 0 bridgehead atoms. The Morgan fingerprint density at radius 2 is 1.85 bits per heavy atom. The zero-order valence-corrected chi connectivity index (χ0v) is 16.4. The van der Waals surface area contributed by atoms with Crippen molar-refractivity contribution < 1.29 is 9.53 Å². The van der Waals surface area contributed by atoms with E-state index < -0.39 is 0 Å². The molecule has 0 aliphatic carbocycles. The van der Waals surface area contributed by atoms with Crippen LogP contribution in [0.3, 0.4) is 0 Å². The molecule has 0 aliphatic rings. The number of hydrogen-bond acceptors (Lipinski definition) is 3. The molecule has 2 aromatic carbocycles. The van der Waals surface area contributed by atoms with Crippen LogP contribution in [0.25, 0.3) is 0 Å². The van der Waals surface area contributed by atoms with Gasteiger partial charge < -0.3 is 15.4 Å². The van der Waals surface area contributed by atoms with Gasteiger partial charge in [-0.25, -0.2) is 0 Å². The minimum atomic E-state index is -0.276. The van der Waals surface area contributed by atoms with Gasteiger partial charge in [0.1, 0.15) is 5.75 Å². The predicted octanol–water partition coefficient (Wildman–Crippen LogP) is 3.97. The molecule has 2 aromatic rings. The first kappa shape index (κ1) is 20.3. The number of rotatable bonds is 8. The van der Waals surface area contributed by atoms with E-state index in [1.807, 2.05) is 45.0 Å². The zero-order valence-electron chi connectivity index (χ0n) is 15.6. The minimum Gasteiger partial charge on any atom is -0.483 e. The van der Waals surface area contributed by atoms with E-state index in [4.69, 9.17) is 16.3 Å². The third-order valence-corrected chi connectivity index (χ3v) is 3.88. The van der Waals surface area contributed by atoms with Gasteiger partial charge in [-0.1, -0.05) is 41.9 Å². The van der Waals surface area contributed by atoms with Crippen LogP contribution in [-0.2, 0) is 17.8 Å². The van der Waals surface area contributed by atoms with E-state index in [-0.39, 0.29) is 18.1 Å². The molecule has 0 saturated heterocycles. The highest BCUT2D eigenvalue weighted by molar-refractivity contribution is 6.30. The molecule has 0 aliphatic heterocycles. The quantitative estimate of drug-likeness (QED) is 0.687. The summed E-state index contributed by atoms with van der Waals surface area (Å²) < 4.78 is 5.70. The molecule has 0 atom stereocenters. The Hall–Kier alpha value is -2.04. The first-order valence-electron chi connectivity index (χ1n) is 8.80. The number of halogens is 1. The van der Waals surface area contributed by atoms with Crippen molar-refractivity contribution in [1.82, 2.24) is 10.6 Å². The third-order valence-electron chi connectivity index (χ3n) is 3.64. The second kappa shape index (κ2) is 9.60. The van der Waals surface area contributed by atoms with Gasteiger partial charge in [-0.05, 0) is 57.5 Å². The molecule has 0 heterocycles. The van der Waals surface area contributed by atoms with Crippen LogP contribution in [0.15, 0.2) is 48.5 Å². The van der Waals surface area contributed by atoms with Crippen molar-refractivity contribution in [3.63, 3.8) is 0 Å². The zero-order chi connectivity index (χ0) is 19.0.